The lowest BCUT2D eigenvalue weighted by Crippen LogP contribution is -2.03. The molecule has 0 atom stereocenters. The average Bonchev–Trinajstić information content (AvgIpc) is 3.48. The number of fused-ring (bicyclic) bond motifs is 1. The molecule has 176 valence electrons. The number of hydrogen-bond donors (Lipinski definition) is 1. The van der Waals surface area contributed by atoms with E-state index in [4.69, 9.17) is 4.74 Å². The molecule has 5 rings (SSSR count). The van der Waals surface area contributed by atoms with Gasteiger partial charge in [-0.2, -0.15) is 0 Å². The lowest BCUT2D eigenvalue weighted by molar-refractivity contribution is 0.103. The first-order valence-corrected chi connectivity index (χ1v) is 14.1. The number of nitrogens with zero attached hydrogens (tertiary/aromatic N) is 1. The number of ketones is 1. The second kappa shape index (κ2) is 9.17. The van der Waals surface area contributed by atoms with E-state index in [1.54, 1.807) is 54.0 Å². The van der Waals surface area contributed by atoms with E-state index in [1.165, 1.54) is 17.4 Å². The van der Waals surface area contributed by atoms with E-state index < -0.39 is 15.7 Å². The number of H-pyrrole nitrogens is 1. The van der Waals surface area contributed by atoms with Gasteiger partial charge >= 0.3 is 0 Å². The Kier molecular flexibility index (Phi) is 6.20. The van der Waals surface area contributed by atoms with Crippen LogP contribution >= 0.6 is 33.9 Å². The second-order valence-corrected chi connectivity index (χ2v) is 11.8. The number of aromatic amines is 1. The fraction of sp³-hybridized carbons (Fsp3) is 0.0400. The zero-order valence-electron chi connectivity index (χ0n) is 18.1. The van der Waals surface area contributed by atoms with Gasteiger partial charge in [-0.25, -0.2) is 17.8 Å². The van der Waals surface area contributed by atoms with Crippen LogP contribution in [0.25, 0.3) is 21.5 Å². The predicted molar refractivity (Wildman–Crippen MR) is 142 cm³/mol. The third kappa shape index (κ3) is 4.73. The van der Waals surface area contributed by atoms with Crippen LogP contribution in [0.15, 0.2) is 77.1 Å². The van der Waals surface area contributed by atoms with E-state index in [9.17, 15) is 17.6 Å². The highest BCUT2D eigenvalue weighted by Crippen LogP contribution is 2.38. The summed E-state index contributed by atoms with van der Waals surface area (Å²) in [5.74, 6) is -1.11. The molecule has 0 radical (unpaired) electrons. The first kappa shape index (κ1) is 23.6. The van der Waals surface area contributed by atoms with E-state index in [-0.39, 0.29) is 22.2 Å². The third-order valence-corrected chi connectivity index (χ3v) is 7.92. The van der Waals surface area contributed by atoms with Gasteiger partial charge in [-0.1, -0.05) is 24.3 Å². The second-order valence-electron chi connectivity index (χ2n) is 7.73. The number of hydrogen-bond acceptors (Lipinski definition) is 6. The molecule has 0 unspecified atom stereocenters. The zero-order valence-corrected chi connectivity index (χ0v) is 21.9. The number of carbonyl (C=O) groups excluding carboxylic acids is 1. The summed E-state index contributed by atoms with van der Waals surface area (Å²) in [4.78, 5) is 19.9. The number of benzene rings is 3. The number of aromatic nitrogens is 2. The molecule has 0 saturated heterocycles. The summed E-state index contributed by atoms with van der Waals surface area (Å²) in [6, 6.07) is 16.7. The molecule has 2 heterocycles. The summed E-state index contributed by atoms with van der Waals surface area (Å²) in [6.45, 7) is 0. The molecule has 0 aliphatic heterocycles. The van der Waals surface area contributed by atoms with Gasteiger partial charge in [0.05, 0.1) is 0 Å². The molecular weight excluding hydrogens is 602 g/mol. The maximum atomic E-state index is 14.9. The minimum Gasteiger partial charge on any atom is -0.453 e. The minimum atomic E-state index is -3.80. The van der Waals surface area contributed by atoms with Crippen molar-refractivity contribution in [3.63, 3.8) is 0 Å². The zero-order chi connectivity index (χ0) is 24.7. The number of thiazole rings is 1. The van der Waals surface area contributed by atoms with Gasteiger partial charge in [0.2, 0.25) is 5.78 Å². The summed E-state index contributed by atoms with van der Waals surface area (Å²) < 4.78 is 46.7. The van der Waals surface area contributed by atoms with Crippen molar-refractivity contribution in [2.45, 2.75) is 4.90 Å². The molecule has 0 bridgehead atoms. The fourth-order valence-corrected chi connectivity index (χ4v) is 6.08. The van der Waals surface area contributed by atoms with Crippen molar-refractivity contribution in [1.29, 1.82) is 0 Å². The molecule has 0 aliphatic carbocycles. The van der Waals surface area contributed by atoms with Crippen LogP contribution in [0.1, 0.15) is 16.1 Å². The highest BCUT2D eigenvalue weighted by molar-refractivity contribution is 14.1. The van der Waals surface area contributed by atoms with Gasteiger partial charge in [0, 0.05) is 49.5 Å². The van der Waals surface area contributed by atoms with E-state index in [1.807, 2.05) is 12.1 Å². The first-order valence-electron chi connectivity index (χ1n) is 10.2. The number of carbonyl (C=O) groups is 1. The molecule has 6 nitrogen and oxygen atoms in total. The van der Waals surface area contributed by atoms with Crippen LogP contribution in [0.3, 0.4) is 0 Å². The smallest absolute Gasteiger partial charge is 0.212 e. The monoisotopic (exact) mass is 618 g/mol. The van der Waals surface area contributed by atoms with Gasteiger partial charge in [-0.3, -0.25) is 4.79 Å². The van der Waals surface area contributed by atoms with Gasteiger partial charge in [-0.15, -0.1) is 11.3 Å². The molecule has 0 spiro atoms. The van der Waals surface area contributed by atoms with Crippen molar-refractivity contribution in [3.05, 3.63) is 92.9 Å². The number of ether oxygens (including phenoxy) is 1. The Morgan fingerprint density at radius 1 is 1.11 bits per heavy atom. The molecule has 3 aromatic carbocycles. The normalized spacial score (nSPS) is 11.6. The standard InChI is InChI=1S/C25H16FIN2O4S2/c1-35(31,32)24-18-8-9-28-20(18)12-19(26)23(24)33-17-7-3-5-15(11-17)25-29-21(13-34-25)22(30)14-4-2-6-16(27)10-14/h2-13,28H,1H3. The van der Waals surface area contributed by atoms with E-state index >= 15 is 0 Å². The number of sulfone groups is 1. The summed E-state index contributed by atoms with van der Waals surface area (Å²) in [6.07, 6.45) is 2.56. The Balaban J connectivity index is 1.49. The molecule has 0 saturated carbocycles. The minimum absolute atomic E-state index is 0.182. The Bertz CT molecular complexity index is 1710. The molecule has 10 heteroatoms. The highest BCUT2D eigenvalue weighted by atomic mass is 127. The quantitative estimate of drug-likeness (QED) is 0.174. The summed E-state index contributed by atoms with van der Waals surface area (Å²) in [5, 5.41) is 2.61. The Labute approximate surface area is 217 Å². The van der Waals surface area contributed by atoms with Crippen LogP contribution in [0.5, 0.6) is 11.5 Å². The van der Waals surface area contributed by atoms with Gasteiger partial charge in [0.25, 0.3) is 0 Å². The number of rotatable bonds is 6. The van der Waals surface area contributed by atoms with Gasteiger partial charge in [0.15, 0.2) is 21.4 Å². The molecule has 5 aromatic rings. The molecule has 1 N–H and O–H groups in total. The molecule has 0 amide bonds. The molecule has 35 heavy (non-hydrogen) atoms. The third-order valence-electron chi connectivity index (χ3n) is 5.21. The summed E-state index contributed by atoms with van der Waals surface area (Å²) in [7, 11) is -3.80. The van der Waals surface area contributed by atoms with Crippen LogP contribution < -0.4 is 4.74 Å². The van der Waals surface area contributed by atoms with Crippen LogP contribution in [-0.2, 0) is 9.84 Å². The Morgan fingerprint density at radius 2 is 1.91 bits per heavy atom. The summed E-state index contributed by atoms with van der Waals surface area (Å²) >= 11 is 3.44. The molecule has 0 fully saturated rings. The van der Waals surface area contributed by atoms with Crippen molar-refractivity contribution in [3.8, 4) is 22.1 Å². The molecular formula is C25H16FIN2O4S2. The van der Waals surface area contributed by atoms with Gasteiger partial charge in [-0.05, 0) is 52.9 Å². The SMILES string of the molecule is CS(=O)(=O)c1c(Oc2cccc(-c3nc(C(=O)c4cccc(I)c4)cs3)c2)c(F)cc2[nH]ccc12. The van der Waals surface area contributed by atoms with Gasteiger partial charge < -0.3 is 9.72 Å². The largest absolute Gasteiger partial charge is 0.453 e. The summed E-state index contributed by atoms with van der Waals surface area (Å²) in [5.41, 5.74) is 1.88. The van der Waals surface area contributed by atoms with Crippen LogP contribution in [-0.4, -0.2) is 30.4 Å². The number of halogens is 2. The maximum Gasteiger partial charge on any atom is 0.212 e. The van der Waals surface area contributed by atoms with Crippen LogP contribution in [0.4, 0.5) is 4.39 Å². The van der Waals surface area contributed by atoms with Crippen molar-refractivity contribution < 1.29 is 22.3 Å². The van der Waals surface area contributed by atoms with Crippen LogP contribution in [0.2, 0.25) is 0 Å². The van der Waals surface area contributed by atoms with Crippen LogP contribution in [0, 0.1) is 9.39 Å². The van der Waals surface area contributed by atoms with Crippen molar-refractivity contribution in [2.24, 2.45) is 0 Å². The Hall–Kier alpha value is -3.09. The fourth-order valence-electron chi connectivity index (χ4n) is 3.68. The average molecular weight is 618 g/mol. The molecule has 0 aliphatic rings. The number of nitrogens with one attached hydrogen (secondary N) is 1. The lowest BCUT2D eigenvalue weighted by Gasteiger charge is -2.13. The Morgan fingerprint density at radius 3 is 2.69 bits per heavy atom. The maximum absolute atomic E-state index is 14.9. The van der Waals surface area contributed by atoms with Crippen molar-refractivity contribution in [1.82, 2.24) is 9.97 Å². The highest BCUT2D eigenvalue weighted by Gasteiger charge is 2.24. The predicted octanol–water partition coefficient (Wildman–Crippen LogP) is 6.46. The van der Waals surface area contributed by atoms with E-state index in [0.29, 0.717) is 32.7 Å². The van der Waals surface area contributed by atoms with Gasteiger partial charge in [0.1, 0.15) is 21.3 Å². The lowest BCUT2D eigenvalue weighted by atomic mass is 10.1. The van der Waals surface area contributed by atoms with E-state index in [0.717, 1.165) is 9.83 Å². The van der Waals surface area contributed by atoms with Crippen molar-refractivity contribution >= 4 is 60.5 Å². The first-order chi connectivity index (χ1) is 16.7. The molecule has 2 aromatic heterocycles. The van der Waals surface area contributed by atoms with Crippen molar-refractivity contribution in [2.75, 3.05) is 6.26 Å². The van der Waals surface area contributed by atoms with E-state index in [2.05, 4.69) is 32.6 Å². The topological polar surface area (TPSA) is 89.1 Å².